The van der Waals surface area contributed by atoms with Crippen LogP contribution in [0.1, 0.15) is 67.9 Å². The van der Waals surface area contributed by atoms with Crippen molar-refractivity contribution >= 4 is 17.7 Å². The molecule has 0 bridgehead atoms. The largest absolute Gasteiger partial charge is 0.489 e. The Balaban J connectivity index is 1.91. The monoisotopic (exact) mass is 475 g/mol. The summed E-state index contributed by atoms with van der Waals surface area (Å²) in [5, 5.41) is 22.9. The number of carbonyl (C=O) groups is 2. The molecule has 0 aromatic heterocycles. The van der Waals surface area contributed by atoms with Crippen LogP contribution in [0.25, 0.3) is 0 Å². The van der Waals surface area contributed by atoms with Crippen molar-refractivity contribution in [2.75, 3.05) is 7.11 Å². The summed E-state index contributed by atoms with van der Waals surface area (Å²) >= 11 is 0. The van der Waals surface area contributed by atoms with Gasteiger partial charge in [-0.3, -0.25) is 0 Å². The molecule has 0 spiro atoms. The second-order valence-corrected chi connectivity index (χ2v) is 8.20. The van der Waals surface area contributed by atoms with E-state index in [1.807, 2.05) is 50.2 Å². The van der Waals surface area contributed by atoms with Crippen molar-refractivity contribution in [2.45, 2.75) is 40.2 Å². The Labute approximate surface area is 204 Å². The zero-order valence-electron chi connectivity index (χ0n) is 20.3. The number of ether oxygens (including phenoxy) is 1. The summed E-state index contributed by atoms with van der Waals surface area (Å²) in [5.41, 5.74) is 6.19. The van der Waals surface area contributed by atoms with Crippen molar-refractivity contribution in [1.82, 2.24) is 0 Å². The molecule has 0 unspecified atom stereocenters. The fraction of sp³-hybridized carbons (Fsp3) is 0.250. The molecule has 3 aromatic carbocycles. The molecule has 0 heterocycles. The molecule has 0 aliphatic rings. The summed E-state index contributed by atoms with van der Waals surface area (Å²) in [7, 11) is 1.51. The van der Waals surface area contributed by atoms with Gasteiger partial charge in [-0.2, -0.15) is 0 Å². The highest BCUT2D eigenvalue weighted by atomic mass is 16.6. The number of benzene rings is 3. The highest BCUT2D eigenvalue weighted by Gasteiger charge is 2.17. The third-order valence-electron chi connectivity index (χ3n) is 5.91. The lowest BCUT2D eigenvalue weighted by Gasteiger charge is -2.17. The number of hydrogen-bond donors (Lipinski definition) is 2. The van der Waals surface area contributed by atoms with Crippen LogP contribution in [-0.4, -0.2) is 35.0 Å². The molecule has 0 saturated carbocycles. The van der Waals surface area contributed by atoms with Crippen LogP contribution in [-0.2, 0) is 24.3 Å². The lowest BCUT2D eigenvalue weighted by molar-refractivity contribution is 0.0695. The van der Waals surface area contributed by atoms with E-state index >= 15 is 0 Å². The number of aromatic carboxylic acids is 2. The summed E-state index contributed by atoms with van der Waals surface area (Å²) in [6.45, 7) is 6.22. The van der Waals surface area contributed by atoms with Gasteiger partial charge in [0.25, 0.3) is 0 Å². The SMILES string of the molecule is CCc1cccc(Cc2ccc(C(=O)O)cc2C(=O)O)c1COc1ccc(C(C)=NOC)cc1C. The third-order valence-corrected chi connectivity index (χ3v) is 5.91. The standard InChI is InChI=1S/C28H29NO6/c1-5-19-7-6-8-21(14-22-9-10-23(27(30)31)15-24(22)28(32)33)25(19)16-35-26-12-11-20(13-17(26)2)18(3)29-34-4/h6-13,15H,5,14,16H2,1-4H3,(H,30,31)(H,32,33). The molecular weight excluding hydrogens is 446 g/mol. The first kappa shape index (κ1) is 25.5. The van der Waals surface area contributed by atoms with E-state index in [1.54, 1.807) is 6.07 Å². The van der Waals surface area contributed by atoms with Gasteiger partial charge in [0.05, 0.1) is 16.8 Å². The summed E-state index contributed by atoms with van der Waals surface area (Å²) in [5.74, 6) is -1.57. The molecule has 3 aromatic rings. The number of carboxylic acid groups (broad SMARTS) is 2. The molecule has 0 amide bonds. The summed E-state index contributed by atoms with van der Waals surface area (Å²) in [4.78, 5) is 28.0. The zero-order chi connectivity index (χ0) is 25.5. The fourth-order valence-electron chi connectivity index (χ4n) is 4.01. The van der Waals surface area contributed by atoms with E-state index in [0.29, 0.717) is 18.6 Å². The van der Waals surface area contributed by atoms with Gasteiger partial charge in [0.15, 0.2) is 0 Å². The molecule has 0 aliphatic carbocycles. The number of nitrogens with zero attached hydrogens (tertiary/aromatic N) is 1. The zero-order valence-corrected chi connectivity index (χ0v) is 20.3. The third kappa shape index (κ3) is 6.06. The first-order valence-corrected chi connectivity index (χ1v) is 11.3. The van der Waals surface area contributed by atoms with Crippen molar-refractivity contribution in [3.05, 3.63) is 99.1 Å². The van der Waals surface area contributed by atoms with E-state index in [2.05, 4.69) is 12.1 Å². The number of rotatable bonds is 10. The van der Waals surface area contributed by atoms with E-state index in [4.69, 9.17) is 9.57 Å². The van der Waals surface area contributed by atoms with Gasteiger partial charge in [0.2, 0.25) is 0 Å². The predicted octanol–water partition coefficient (Wildman–Crippen LogP) is 5.49. The van der Waals surface area contributed by atoms with Gasteiger partial charge in [-0.05, 0) is 90.4 Å². The summed E-state index contributed by atoms with van der Waals surface area (Å²) < 4.78 is 6.20. The molecule has 7 nitrogen and oxygen atoms in total. The van der Waals surface area contributed by atoms with Crippen molar-refractivity contribution in [1.29, 1.82) is 0 Å². The van der Waals surface area contributed by atoms with Gasteiger partial charge < -0.3 is 19.8 Å². The second-order valence-electron chi connectivity index (χ2n) is 8.20. The number of aryl methyl sites for hydroxylation is 2. The van der Waals surface area contributed by atoms with Gasteiger partial charge in [-0.15, -0.1) is 0 Å². The second kappa shape index (κ2) is 11.3. The van der Waals surface area contributed by atoms with E-state index < -0.39 is 11.9 Å². The van der Waals surface area contributed by atoms with Crippen LogP contribution in [0.2, 0.25) is 0 Å². The Bertz CT molecular complexity index is 1280. The lowest BCUT2D eigenvalue weighted by Crippen LogP contribution is -2.10. The molecule has 0 atom stereocenters. The Kier molecular flexibility index (Phi) is 8.25. The number of oxime groups is 1. The van der Waals surface area contributed by atoms with Crippen molar-refractivity contribution in [3.63, 3.8) is 0 Å². The normalized spacial score (nSPS) is 11.3. The van der Waals surface area contributed by atoms with Crippen LogP contribution < -0.4 is 4.74 Å². The van der Waals surface area contributed by atoms with Gasteiger partial charge >= 0.3 is 11.9 Å². The minimum absolute atomic E-state index is 0.0156. The molecular formula is C28H29NO6. The minimum atomic E-state index is -1.16. The van der Waals surface area contributed by atoms with Gasteiger partial charge in [-0.25, -0.2) is 9.59 Å². The molecule has 35 heavy (non-hydrogen) atoms. The number of carboxylic acids is 2. The maximum atomic E-state index is 11.8. The predicted molar refractivity (Wildman–Crippen MR) is 134 cm³/mol. The van der Waals surface area contributed by atoms with Gasteiger partial charge in [-0.1, -0.05) is 36.3 Å². The first-order valence-electron chi connectivity index (χ1n) is 11.3. The first-order chi connectivity index (χ1) is 16.7. The van der Waals surface area contributed by atoms with Crippen LogP contribution in [0, 0.1) is 6.92 Å². The Morgan fingerprint density at radius 2 is 1.63 bits per heavy atom. The smallest absolute Gasteiger partial charge is 0.336 e. The van der Waals surface area contributed by atoms with Crippen molar-refractivity contribution in [3.8, 4) is 5.75 Å². The summed E-state index contributed by atoms with van der Waals surface area (Å²) in [6, 6.07) is 16.0. The molecule has 0 fully saturated rings. The maximum Gasteiger partial charge on any atom is 0.336 e. The molecule has 0 saturated heterocycles. The van der Waals surface area contributed by atoms with Crippen molar-refractivity contribution in [2.24, 2.45) is 5.16 Å². The maximum absolute atomic E-state index is 11.8. The quantitative estimate of drug-likeness (QED) is 0.297. The number of hydrogen-bond acceptors (Lipinski definition) is 5. The molecule has 2 N–H and O–H groups in total. The highest BCUT2D eigenvalue weighted by molar-refractivity contribution is 5.98. The topological polar surface area (TPSA) is 105 Å². The van der Waals surface area contributed by atoms with E-state index in [0.717, 1.165) is 45.7 Å². The Hall–Kier alpha value is -4.13. The van der Waals surface area contributed by atoms with Crippen molar-refractivity contribution < 1.29 is 29.4 Å². The molecule has 3 rings (SSSR count). The van der Waals surface area contributed by atoms with Gasteiger partial charge in [0, 0.05) is 0 Å². The van der Waals surface area contributed by atoms with Gasteiger partial charge in [0.1, 0.15) is 19.5 Å². The van der Waals surface area contributed by atoms with Crippen LogP contribution in [0.4, 0.5) is 0 Å². The molecule has 7 heteroatoms. The molecule has 182 valence electrons. The minimum Gasteiger partial charge on any atom is -0.489 e. The lowest BCUT2D eigenvalue weighted by atomic mass is 9.92. The van der Waals surface area contributed by atoms with Crippen LogP contribution in [0.5, 0.6) is 5.75 Å². The highest BCUT2D eigenvalue weighted by Crippen LogP contribution is 2.26. The Morgan fingerprint density at radius 3 is 2.26 bits per heavy atom. The van der Waals surface area contributed by atoms with Crippen LogP contribution >= 0.6 is 0 Å². The summed E-state index contributed by atoms with van der Waals surface area (Å²) in [6.07, 6.45) is 1.14. The van der Waals surface area contributed by atoms with Crippen LogP contribution in [0.3, 0.4) is 0 Å². The fourth-order valence-corrected chi connectivity index (χ4v) is 4.01. The van der Waals surface area contributed by atoms with E-state index in [9.17, 15) is 19.8 Å². The van der Waals surface area contributed by atoms with E-state index in [-0.39, 0.29) is 11.1 Å². The molecule has 0 aliphatic heterocycles. The molecule has 0 radical (unpaired) electrons. The van der Waals surface area contributed by atoms with Crippen LogP contribution in [0.15, 0.2) is 59.8 Å². The average Bonchev–Trinajstić information content (AvgIpc) is 2.83. The average molecular weight is 476 g/mol. The van der Waals surface area contributed by atoms with E-state index in [1.165, 1.54) is 19.2 Å². The Morgan fingerprint density at radius 1 is 0.914 bits per heavy atom.